The highest BCUT2D eigenvalue weighted by Crippen LogP contribution is 2.32. The standard InChI is InChI=1S/C20H21N5O3S/c1-13-7-8-25-11-17(22-19(25)9-13)15-5-6-18(28-4)16(10-15)23-29(26,27)20-12-24(3)14(2)21-20/h5-12,23H,1-4H3. The van der Waals surface area contributed by atoms with Crippen molar-refractivity contribution in [3.8, 4) is 17.0 Å². The Hall–Kier alpha value is -3.33. The van der Waals surface area contributed by atoms with Crippen LogP contribution in [0.5, 0.6) is 5.75 Å². The smallest absolute Gasteiger partial charge is 0.281 e. The second kappa shape index (κ2) is 6.93. The van der Waals surface area contributed by atoms with E-state index in [1.54, 1.807) is 30.7 Å². The fraction of sp³-hybridized carbons (Fsp3) is 0.200. The molecule has 0 unspecified atom stereocenters. The maximum absolute atomic E-state index is 12.8. The average molecular weight is 411 g/mol. The molecule has 0 amide bonds. The number of aryl methyl sites for hydroxylation is 3. The number of anilines is 1. The molecular formula is C20H21N5O3S. The van der Waals surface area contributed by atoms with Gasteiger partial charge in [0.2, 0.25) is 0 Å². The van der Waals surface area contributed by atoms with Crippen molar-refractivity contribution in [2.45, 2.75) is 18.9 Å². The summed E-state index contributed by atoms with van der Waals surface area (Å²) in [5.41, 5.74) is 3.75. The number of benzene rings is 1. The first-order valence-corrected chi connectivity index (χ1v) is 10.4. The van der Waals surface area contributed by atoms with Crippen LogP contribution in [0.25, 0.3) is 16.9 Å². The van der Waals surface area contributed by atoms with Gasteiger partial charge in [-0.3, -0.25) is 4.72 Å². The minimum absolute atomic E-state index is 0.0480. The number of pyridine rings is 1. The Morgan fingerprint density at radius 2 is 1.86 bits per heavy atom. The number of sulfonamides is 1. The lowest BCUT2D eigenvalue weighted by Crippen LogP contribution is -2.14. The molecule has 3 aromatic heterocycles. The van der Waals surface area contributed by atoms with Gasteiger partial charge in [0.25, 0.3) is 10.0 Å². The number of hydrogen-bond donors (Lipinski definition) is 1. The summed E-state index contributed by atoms with van der Waals surface area (Å²) in [6, 6.07) is 9.25. The number of methoxy groups -OCH3 is 1. The van der Waals surface area contributed by atoms with E-state index in [2.05, 4.69) is 14.7 Å². The molecule has 29 heavy (non-hydrogen) atoms. The summed E-state index contributed by atoms with van der Waals surface area (Å²) in [5, 5.41) is -0.0480. The van der Waals surface area contributed by atoms with Gasteiger partial charge in [0.1, 0.15) is 17.2 Å². The molecule has 4 rings (SSSR count). The fourth-order valence-electron chi connectivity index (χ4n) is 3.02. The molecule has 0 radical (unpaired) electrons. The quantitative estimate of drug-likeness (QED) is 0.545. The Labute approximate surface area is 168 Å². The van der Waals surface area contributed by atoms with Crippen molar-refractivity contribution in [3.63, 3.8) is 0 Å². The number of nitrogens with one attached hydrogen (secondary N) is 1. The molecule has 0 bridgehead atoms. The number of hydrogen-bond acceptors (Lipinski definition) is 5. The van der Waals surface area contributed by atoms with Crippen LogP contribution < -0.4 is 9.46 Å². The molecule has 9 heteroatoms. The fourth-order valence-corrected chi connectivity index (χ4v) is 4.13. The van der Waals surface area contributed by atoms with E-state index in [0.717, 1.165) is 22.5 Å². The summed E-state index contributed by atoms with van der Waals surface area (Å²) in [7, 11) is -0.629. The van der Waals surface area contributed by atoms with Crippen LogP contribution in [0.1, 0.15) is 11.4 Å². The summed E-state index contributed by atoms with van der Waals surface area (Å²) in [6.45, 7) is 3.75. The van der Waals surface area contributed by atoms with E-state index in [1.807, 2.05) is 41.9 Å². The van der Waals surface area contributed by atoms with Gasteiger partial charge < -0.3 is 13.7 Å². The van der Waals surface area contributed by atoms with E-state index in [4.69, 9.17) is 4.74 Å². The van der Waals surface area contributed by atoms with Crippen LogP contribution in [-0.4, -0.2) is 34.5 Å². The zero-order chi connectivity index (χ0) is 20.8. The van der Waals surface area contributed by atoms with Crippen LogP contribution in [0.4, 0.5) is 5.69 Å². The normalized spacial score (nSPS) is 11.7. The summed E-state index contributed by atoms with van der Waals surface area (Å²) in [5.74, 6) is 1.01. The van der Waals surface area contributed by atoms with Crippen molar-refractivity contribution in [1.82, 2.24) is 18.9 Å². The zero-order valence-corrected chi connectivity index (χ0v) is 17.4. The number of nitrogens with zero attached hydrogens (tertiary/aromatic N) is 4. The number of ether oxygens (including phenoxy) is 1. The maximum Gasteiger partial charge on any atom is 0.281 e. The molecule has 0 aliphatic heterocycles. The highest BCUT2D eigenvalue weighted by atomic mass is 32.2. The van der Waals surface area contributed by atoms with Gasteiger partial charge in [0, 0.05) is 31.2 Å². The minimum atomic E-state index is -3.86. The van der Waals surface area contributed by atoms with Crippen LogP contribution in [0.3, 0.4) is 0 Å². The first kappa shape index (κ1) is 19.0. The molecule has 0 fully saturated rings. The third-order valence-electron chi connectivity index (χ3n) is 4.72. The second-order valence-electron chi connectivity index (χ2n) is 6.85. The van der Waals surface area contributed by atoms with Crippen LogP contribution in [0.2, 0.25) is 0 Å². The topological polar surface area (TPSA) is 90.5 Å². The third-order valence-corrected chi connectivity index (χ3v) is 5.95. The highest BCUT2D eigenvalue weighted by molar-refractivity contribution is 7.92. The Balaban J connectivity index is 1.75. The molecule has 0 aliphatic rings. The van der Waals surface area contributed by atoms with Crippen LogP contribution in [-0.2, 0) is 17.1 Å². The van der Waals surface area contributed by atoms with Crippen molar-refractivity contribution in [2.24, 2.45) is 7.05 Å². The number of fused-ring (bicyclic) bond motifs is 1. The number of aromatic nitrogens is 4. The average Bonchev–Trinajstić information content (AvgIpc) is 3.24. The Morgan fingerprint density at radius 3 is 2.55 bits per heavy atom. The van der Waals surface area contributed by atoms with Crippen molar-refractivity contribution in [1.29, 1.82) is 0 Å². The molecule has 0 aliphatic carbocycles. The van der Waals surface area contributed by atoms with E-state index in [9.17, 15) is 8.42 Å². The lowest BCUT2D eigenvalue weighted by molar-refractivity contribution is 0.417. The van der Waals surface area contributed by atoms with Crippen LogP contribution >= 0.6 is 0 Å². The van der Waals surface area contributed by atoms with Crippen LogP contribution in [0.15, 0.2) is 53.9 Å². The van der Waals surface area contributed by atoms with E-state index in [1.165, 1.54) is 13.3 Å². The predicted octanol–water partition coefficient (Wildman–Crippen LogP) is 3.16. The molecule has 3 heterocycles. The van der Waals surface area contributed by atoms with Gasteiger partial charge in [-0.15, -0.1) is 0 Å². The SMILES string of the molecule is COc1ccc(-c2cn3ccc(C)cc3n2)cc1NS(=O)(=O)c1cn(C)c(C)n1. The van der Waals surface area contributed by atoms with Gasteiger partial charge in [0.05, 0.1) is 18.5 Å². The molecule has 0 spiro atoms. The zero-order valence-electron chi connectivity index (χ0n) is 16.5. The highest BCUT2D eigenvalue weighted by Gasteiger charge is 2.21. The first-order chi connectivity index (χ1) is 13.8. The van der Waals surface area contributed by atoms with Crippen molar-refractivity contribution in [3.05, 3.63) is 60.3 Å². The molecule has 1 N–H and O–H groups in total. The second-order valence-corrected chi connectivity index (χ2v) is 8.48. The molecule has 150 valence electrons. The van der Waals surface area contributed by atoms with Gasteiger partial charge in [-0.25, -0.2) is 9.97 Å². The lowest BCUT2D eigenvalue weighted by atomic mass is 10.1. The van der Waals surface area contributed by atoms with Gasteiger partial charge in [0.15, 0.2) is 5.03 Å². The molecule has 0 saturated heterocycles. The lowest BCUT2D eigenvalue weighted by Gasteiger charge is -2.12. The maximum atomic E-state index is 12.8. The van der Waals surface area contributed by atoms with Gasteiger partial charge in [-0.05, 0) is 49.7 Å². The van der Waals surface area contributed by atoms with Gasteiger partial charge in [-0.1, -0.05) is 0 Å². The Morgan fingerprint density at radius 1 is 1.07 bits per heavy atom. The van der Waals surface area contributed by atoms with Crippen molar-refractivity contribution < 1.29 is 13.2 Å². The van der Waals surface area contributed by atoms with Crippen LogP contribution in [0, 0.1) is 13.8 Å². The molecule has 0 atom stereocenters. The first-order valence-electron chi connectivity index (χ1n) is 8.93. The van der Waals surface area contributed by atoms with E-state index >= 15 is 0 Å². The predicted molar refractivity (Wildman–Crippen MR) is 111 cm³/mol. The Bertz CT molecular complexity index is 1300. The van der Waals surface area contributed by atoms with E-state index < -0.39 is 10.0 Å². The molecular weight excluding hydrogens is 390 g/mol. The number of imidazole rings is 2. The monoisotopic (exact) mass is 411 g/mol. The molecule has 1 aromatic carbocycles. The summed E-state index contributed by atoms with van der Waals surface area (Å²) < 4.78 is 37.1. The van der Waals surface area contributed by atoms with E-state index in [-0.39, 0.29) is 5.03 Å². The van der Waals surface area contributed by atoms with Gasteiger partial charge >= 0.3 is 0 Å². The number of rotatable bonds is 5. The van der Waals surface area contributed by atoms with Crippen molar-refractivity contribution >= 4 is 21.4 Å². The van der Waals surface area contributed by atoms with E-state index in [0.29, 0.717) is 17.3 Å². The third kappa shape index (κ3) is 3.56. The largest absolute Gasteiger partial charge is 0.495 e. The van der Waals surface area contributed by atoms with Gasteiger partial charge in [-0.2, -0.15) is 8.42 Å². The molecule has 4 aromatic rings. The van der Waals surface area contributed by atoms with Crippen molar-refractivity contribution in [2.75, 3.05) is 11.8 Å². The molecule has 0 saturated carbocycles. The molecule has 8 nitrogen and oxygen atoms in total. The Kier molecular flexibility index (Phi) is 4.54. The summed E-state index contributed by atoms with van der Waals surface area (Å²) in [4.78, 5) is 8.75. The summed E-state index contributed by atoms with van der Waals surface area (Å²) in [6.07, 6.45) is 5.31. The minimum Gasteiger partial charge on any atom is -0.495 e. The summed E-state index contributed by atoms with van der Waals surface area (Å²) >= 11 is 0.